The lowest BCUT2D eigenvalue weighted by Crippen LogP contribution is -2.24. The highest BCUT2D eigenvalue weighted by atomic mass is 35.5. The summed E-state index contributed by atoms with van der Waals surface area (Å²) in [6.07, 6.45) is -0.0145. The van der Waals surface area contributed by atoms with Crippen LogP contribution >= 0.6 is 11.6 Å². The SMILES string of the molecule is CCNC(=O)Cc1c(F)cccc1Cl. The Bertz CT molecular complexity index is 321. The highest BCUT2D eigenvalue weighted by molar-refractivity contribution is 6.31. The van der Waals surface area contributed by atoms with E-state index in [0.717, 1.165) is 0 Å². The second-order valence-electron chi connectivity index (χ2n) is 2.83. The number of carbonyl (C=O) groups excluding carboxylic acids is 1. The molecule has 0 saturated carbocycles. The van der Waals surface area contributed by atoms with Gasteiger partial charge in [-0.1, -0.05) is 17.7 Å². The molecule has 0 unspecified atom stereocenters. The predicted octanol–water partition coefficient (Wildman–Crippen LogP) is 2.16. The highest BCUT2D eigenvalue weighted by Crippen LogP contribution is 2.19. The van der Waals surface area contributed by atoms with Crippen molar-refractivity contribution in [2.75, 3.05) is 6.54 Å². The first-order valence-corrected chi connectivity index (χ1v) is 4.72. The number of nitrogens with one attached hydrogen (secondary N) is 1. The maximum Gasteiger partial charge on any atom is 0.224 e. The molecule has 0 atom stereocenters. The molecule has 1 aromatic carbocycles. The van der Waals surface area contributed by atoms with Crippen molar-refractivity contribution in [3.05, 3.63) is 34.6 Å². The van der Waals surface area contributed by atoms with E-state index in [-0.39, 0.29) is 22.9 Å². The minimum Gasteiger partial charge on any atom is -0.356 e. The van der Waals surface area contributed by atoms with Crippen LogP contribution in [0.5, 0.6) is 0 Å². The number of hydrogen-bond acceptors (Lipinski definition) is 1. The number of likely N-dealkylation sites (N-methyl/N-ethyl adjacent to an activating group) is 1. The van der Waals surface area contributed by atoms with Gasteiger partial charge in [0.2, 0.25) is 5.91 Å². The van der Waals surface area contributed by atoms with Gasteiger partial charge < -0.3 is 5.32 Å². The Morgan fingerprint density at radius 3 is 2.86 bits per heavy atom. The van der Waals surface area contributed by atoms with Gasteiger partial charge in [0.05, 0.1) is 6.42 Å². The van der Waals surface area contributed by atoms with Crippen molar-refractivity contribution in [1.82, 2.24) is 5.32 Å². The maximum absolute atomic E-state index is 13.2. The third-order valence-electron chi connectivity index (χ3n) is 1.77. The van der Waals surface area contributed by atoms with Gasteiger partial charge in [-0.25, -0.2) is 4.39 Å². The van der Waals surface area contributed by atoms with E-state index in [1.54, 1.807) is 13.0 Å². The van der Waals surface area contributed by atoms with Crippen LogP contribution in [0.3, 0.4) is 0 Å². The van der Waals surface area contributed by atoms with Crippen LogP contribution in [0.25, 0.3) is 0 Å². The van der Waals surface area contributed by atoms with Crippen molar-refractivity contribution in [2.45, 2.75) is 13.3 Å². The first-order chi connectivity index (χ1) is 6.65. The molecule has 0 spiro atoms. The van der Waals surface area contributed by atoms with Gasteiger partial charge in [-0.3, -0.25) is 4.79 Å². The van der Waals surface area contributed by atoms with Crippen LogP contribution < -0.4 is 5.32 Å². The molecule has 0 aliphatic carbocycles. The summed E-state index contributed by atoms with van der Waals surface area (Å²) < 4.78 is 13.2. The summed E-state index contributed by atoms with van der Waals surface area (Å²) in [5.74, 6) is -0.664. The maximum atomic E-state index is 13.2. The lowest BCUT2D eigenvalue weighted by molar-refractivity contribution is -0.120. The van der Waals surface area contributed by atoms with Crippen molar-refractivity contribution < 1.29 is 9.18 Å². The van der Waals surface area contributed by atoms with E-state index >= 15 is 0 Å². The average molecular weight is 216 g/mol. The van der Waals surface area contributed by atoms with E-state index in [2.05, 4.69) is 5.32 Å². The van der Waals surface area contributed by atoms with Crippen LogP contribution in [0.15, 0.2) is 18.2 Å². The third kappa shape index (κ3) is 2.70. The van der Waals surface area contributed by atoms with Gasteiger partial charge in [-0.05, 0) is 19.1 Å². The number of carbonyl (C=O) groups is 1. The topological polar surface area (TPSA) is 29.1 Å². The number of rotatable bonds is 3. The van der Waals surface area contributed by atoms with Crippen molar-refractivity contribution >= 4 is 17.5 Å². The Kier molecular flexibility index (Phi) is 3.89. The average Bonchev–Trinajstić information content (AvgIpc) is 2.12. The van der Waals surface area contributed by atoms with Gasteiger partial charge in [0.15, 0.2) is 0 Å². The molecular weight excluding hydrogens is 205 g/mol. The molecule has 0 radical (unpaired) electrons. The van der Waals surface area contributed by atoms with E-state index in [1.165, 1.54) is 12.1 Å². The van der Waals surface area contributed by atoms with E-state index in [0.29, 0.717) is 6.54 Å². The zero-order valence-corrected chi connectivity index (χ0v) is 8.57. The van der Waals surface area contributed by atoms with Crippen LogP contribution in [-0.2, 0) is 11.2 Å². The van der Waals surface area contributed by atoms with Crippen LogP contribution in [0.4, 0.5) is 4.39 Å². The minimum absolute atomic E-state index is 0.0145. The molecule has 0 aromatic heterocycles. The molecule has 76 valence electrons. The Labute approximate surface area is 87.1 Å². The minimum atomic E-state index is -0.441. The van der Waals surface area contributed by atoms with Crippen molar-refractivity contribution in [2.24, 2.45) is 0 Å². The number of benzene rings is 1. The molecule has 1 rings (SSSR count). The summed E-state index contributed by atoms with van der Waals surface area (Å²) >= 11 is 5.75. The Morgan fingerprint density at radius 2 is 2.29 bits per heavy atom. The van der Waals surface area contributed by atoms with Gasteiger partial charge in [0.25, 0.3) is 0 Å². The zero-order valence-electron chi connectivity index (χ0n) is 7.81. The predicted molar refractivity (Wildman–Crippen MR) is 53.8 cm³/mol. The van der Waals surface area contributed by atoms with Crippen LogP contribution in [-0.4, -0.2) is 12.5 Å². The number of amides is 1. The van der Waals surface area contributed by atoms with Gasteiger partial charge >= 0.3 is 0 Å². The molecular formula is C10H11ClFNO. The summed E-state index contributed by atoms with van der Waals surface area (Å²) in [6.45, 7) is 2.34. The molecule has 0 bridgehead atoms. The Morgan fingerprint density at radius 1 is 1.57 bits per heavy atom. The number of halogens is 2. The van der Waals surface area contributed by atoms with Crippen molar-refractivity contribution in [1.29, 1.82) is 0 Å². The number of hydrogen-bond donors (Lipinski definition) is 1. The monoisotopic (exact) mass is 215 g/mol. The molecule has 1 N–H and O–H groups in total. The van der Waals surface area contributed by atoms with Gasteiger partial charge in [-0.15, -0.1) is 0 Å². The molecule has 0 fully saturated rings. The fourth-order valence-corrected chi connectivity index (χ4v) is 1.35. The van der Waals surface area contributed by atoms with E-state index in [9.17, 15) is 9.18 Å². The van der Waals surface area contributed by atoms with E-state index in [4.69, 9.17) is 11.6 Å². The normalized spacial score (nSPS) is 9.93. The van der Waals surface area contributed by atoms with E-state index < -0.39 is 5.82 Å². The van der Waals surface area contributed by atoms with Crippen LogP contribution in [0.2, 0.25) is 5.02 Å². The second kappa shape index (κ2) is 4.96. The third-order valence-corrected chi connectivity index (χ3v) is 2.13. The summed E-state index contributed by atoms with van der Waals surface area (Å²) in [5, 5.41) is 2.87. The summed E-state index contributed by atoms with van der Waals surface area (Å²) in [5.41, 5.74) is 0.250. The van der Waals surface area contributed by atoms with E-state index in [1.807, 2.05) is 0 Å². The lowest BCUT2D eigenvalue weighted by Gasteiger charge is -2.05. The van der Waals surface area contributed by atoms with Gasteiger partial charge in [-0.2, -0.15) is 0 Å². The molecule has 0 saturated heterocycles. The van der Waals surface area contributed by atoms with Crippen molar-refractivity contribution in [3.8, 4) is 0 Å². The fourth-order valence-electron chi connectivity index (χ4n) is 1.12. The first-order valence-electron chi connectivity index (χ1n) is 4.34. The van der Waals surface area contributed by atoms with Crippen LogP contribution in [0.1, 0.15) is 12.5 Å². The van der Waals surface area contributed by atoms with Crippen molar-refractivity contribution in [3.63, 3.8) is 0 Å². The largest absolute Gasteiger partial charge is 0.356 e. The Balaban J connectivity index is 2.80. The summed E-state index contributed by atoms with van der Waals surface area (Å²) in [6, 6.07) is 4.37. The first kappa shape index (κ1) is 11.0. The smallest absolute Gasteiger partial charge is 0.224 e. The molecule has 1 aromatic rings. The fraction of sp³-hybridized carbons (Fsp3) is 0.300. The molecule has 0 aliphatic heterocycles. The highest BCUT2D eigenvalue weighted by Gasteiger charge is 2.10. The Hall–Kier alpha value is -1.09. The molecule has 2 nitrogen and oxygen atoms in total. The quantitative estimate of drug-likeness (QED) is 0.823. The molecule has 1 amide bonds. The zero-order chi connectivity index (χ0) is 10.6. The summed E-state index contributed by atoms with van der Waals surface area (Å²) in [7, 11) is 0. The van der Waals surface area contributed by atoms with Gasteiger partial charge in [0, 0.05) is 17.1 Å². The lowest BCUT2D eigenvalue weighted by atomic mass is 10.1. The molecule has 4 heteroatoms. The van der Waals surface area contributed by atoms with Gasteiger partial charge in [0.1, 0.15) is 5.82 Å². The van der Waals surface area contributed by atoms with Crippen LogP contribution in [0, 0.1) is 5.82 Å². The molecule has 0 aliphatic rings. The standard InChI is InChI=1S/C10H11ClFNO/c1-2-13-10(14)6-7-8(11)4-3-5-9(7)12/h3-5H,2,6H2,1H3,(H,13,14). The second-order valence-corrected chi connectivity index (χ2v) is 3.24. The summed E-state index contributed by atoms with van der Waals surface area (Å²) in [4.78, 5) is 11.2. The molecule has 14 heavy (non-hydrogen) atoms. The molecule has 0 heterocycles.